The van der Waals surface area contributed by atoms with E-state index in [1.54, 1.807) is 18.2 Å². The van der Waals surface area contributed by atoms with Gasteiger partial charge >= 0.3 is 5.97 Å². The zero-order valence-electron chi connectivity index (χ0n) is 7.37. The predicted octanol–water partition coefficient (Wildman–Crippen LogP) is 2.49. The van der Waals surface area contributed by atoms with E-state index in [0.717, 1.165) is 12.8 Å². The molecule has 1 aromatic carbocycles. The van der Waals surface area contributed by atoms with E-state index in [2.05, 4.69) is 0 Å². The normalized spacial score (nSPS) is 17.5. The number of halogens is 1. The van der Waals surface area contributed by atoms with Crippen LogP contribution in [0.3, 0.4) is 0 Å². The van der Waals surface area contributed by atoms with Crippen LogP contribution in [0.2, 0.25) is 0 Å². The summed E-state index contributed by atoms with van der Waals surface area (Å²) < 4.78 is 5.39. The Bertz CT molecular complexity index is 371. The van der Waals surface area contributed by atoms with E-state index < -0.39 is 11.0 Å². The number of carboxylic acid groups (broad SMARTS) is 1. The van der Waals surface area contributed by atoms with E-state index in [0.29, 0.717) is 5.75 Å². The first-order valence-corrected chi connectivity index (χ1v) is 4.69. The second-order valence-electron chi connectivity index (χ2n) is 3.29. The first-order valence-electron chi connectivity index (χ1n) is 4.31. The molecule has 4 heteroatoms. The molecule has 0 spiro atoms. The second-order valence-corrected chi connectivity index (χ2v) is 3.98. The summed E-state index contributed by atoms with van der Waals surface area (Å²) >= 11 is 5.94. The summed E-state index contributed by atoms with van der Waals surface area (Å²) in [7, 11) is 0. The van der Waals surface area contributed by atoms with Crippen molar-refractivity contribution in [2.75, 3.05) is 0 Å². The Kier molecular flexibility index (Phi) is 2.11. The molecule has 0 unspecified atom stereocenters. The number of benzene rings is 1. The molecule has 1 aliphatic carbocycles. The zero-order chi connectivity index (χ0) is 10.2. The van der Waals surface area contributed by atoms with Gasteiger partial charge in [-0.05, 0) is 12.1 Å². The lowest BCUT2D eigenvalue weighted by molar-refractivity contribution is 0.0691. The topological polar surface area (TPSA) is 46.5 Å². The van der Waals surface area contributed by atoms with Crippen LogP contribution in [-0.2, 0) is 0 Å². The Morgan fingerprint density at radius 1 is 1.43 bits per heavy atom. The summed E-state index contributed by atoms with van der Waals surface area (Å²) in [4.78, 5) is 10.8. The molecule has 0 bridgehead atoms. The van der Waals surface area contributed by atoms with Crippen molar-refractivity contribution < 1.29 is 14.6 Å². The lowest BCUT2D eigenvalue weighted by Gasteiger charge is -2.12. The molecular formula is C10H9ClO3. The van der Waals surface area contributed by atoms with E-state index in [1.807, 2.05) is 0 Å². The Balaban J connectivity index is 2.27. The van der Waals surface area contributed by atoms with Gasteiger partial charge in [0, 0.05) is 12.8 Å². The Morgan fingerprint density at radius 3 is 2.64 bits per heavy atom. The fraction of sp³-hybridized carbons (Fsp3) is 0.300. The monoisotopic (exact) mass is 212 g/mol. The summed E-state index contributed by atoms with van der Waals surface area (Å²) in [5.41, 5.74) is 0.152. The number of hydrogen-bond donors (Lipinski definition) is 1. The van der Waals surface area contributed by atoms with Crippen LogP contribution in [0.15, 0.2) is 24.3 Å². The fourth-order valence-corrected chi connectivity index (χ4v) is 1.31. The van der Waals surface area contributed by atoms with Crippen LogP contribution >= 0.6 is 11.6 Å². The van der Waals surface area contributed by atoms with E-state index in [4.69, 9.17) is 21.4 Å². The van der Waals surface area contributed by atoms with Crippen molar-refractivity contribution in [2.45, 2.75) is 17.9 Å². The van der Waals surface area contributed by atoms with Crippen molar-refractivity contribution in [1.82, 2.24) is 0 Å². The van der Waals surface area contributed by atoms with Crippen molar-refractivity contribution >= 4 is 17.6 Å². The van der Waals surface area contributed by atoms with Crippen molar-refractivity contribution in [3.63, 3.8) is 0 Å². The molecule has 0 atom stereocenters. The van der Waals surface area contributed by atoms with E-state index in [9.17, 15) is 4.79 Å². The van der Waals surface area contributed by atoms with Crippen molar-refractivity contribution in [3.05, 3.63) is 29.8 Å². The van der Waals surface area contributed by atoms with Crippen LogP contribution < -0.4 is 4.74 Å². The highest BCUT2D eigenvalue weighted by Crippen LogP contribution is 2.44. The molecule has 74 valence electrons. The Labute approximate surface area is 86.3 Å². The Hall–Kier alpha value is -1.22. The lowest BCUT2D eigenvalue weighted by atomic mass is 10.2. The van der Waals surface area contributed by atoms with Crippen LogP contribution in [0.25, 0.3) is 0 Å². The van der Waals surface area contributed by atoms with Crippen LogP contribution in [0.1, 0.15) is 23.2 Å². The van der Waals surface area contributed by atoms with E-state index in [1.165, 1.54) is 6.07 Å². The predicted molar refractivity (Wildman–Crippen MR) is 51.8 cm³/mol. The lowest BCUT2D eigenvalue weighted by Crippen LogP contribution is -2.11. The molecule has 0 aromatic heterocycles. The molecule has 0 amide bonds. The molecule has 0 saturated heterocycles. The van der Waals surface area contributed by atoms with Gasteiger partial charge in [0.15, 0.2) is 5.06 Å². The first kappa shape index (κ1) is 9.34. The quantitative estimate of drug-likeness (QED) is 0.783. The third-order valence-corrected chi connectivity index (χ3v) is 2.51. The number of rotatable bonds is 3. The summed E-state index contributed by atoms with van der Waals surface area (Å²) in [6.45, 7) is 0. The summed E-state index contributed by atoms with van der Waals surface area (Å²) in [6, 6.07) is 6.50. The van der Waals surface area contributed by atoms with Crippen molar-refractivity contribution in [2.24, 2.45) is 0 Å². The molecule has 0 aliphatic heterocycles. The van der Waals surface area contributed by atoms with Gasteiger partial charge < -0.3 is 9.84 Å². The first-order chi connectivity index (χ1) is 6.61. The van der Waals surface area contributed by atoms with E-state index >= 15 is 0 Å². The maximum Gasteiger partial charge on any atom is 0.339 e. The molecule has 1 N–H and O–H groups in total. The van der Waals surface area contributed by atoms with Gasteiger partial charge in [0.05, 0.1) is 0 Å². The number of ether oxygens (including phenoxy) is 1. The van der Waals surface area contributed by atoms with Crippen LogP contribution in [-0.4, -0.2) is 16.1 Å². The number of para-hydroxylation sites is 1. The fourth-order valence-electron chi connectivity index (χ4n) is 1.13. The van der Waals surface area contributed by atoms with Crippen LogP contribution in [0, 0.1) is 0 Å². The molecule has 3 nitrogen and oxygen atoms in total. The molecule has 0 heterocycles. The third kappa shape index (κ3) is 1.82. The minimum atomic E-state index is -0.999. The van der Waals surface area contributed by atoms with Gasteiger partial charge in [-0.15, -0.1) is 0 Å². The maximum atomic E-state index is 10.8. The smallest absolute Gasteiger partial charge is 0.339 e. The second kappa shape index (κ2) is 3.17. The highest BCUT2D eigenvalue weighted by Gasteiger charge is 2.44. The van der Waals surface area contributed by atoms with Gasteiger partial charge in [0.2, 0.25) is 0 Å². The van der Waals surface area contributed by atoms with Gasteiger partial charge in [-0.1, -0.05) is 23.7 Å². The number of aromatic carboxylic acids is 1. The van der Waals surface area contributed by atoms with Gasteiger partial charge in [0.25, 0.3) is 0 Å². The molecule has 0 radical (unpaired) electrons. The molecule has 2 rings (SSSR count). The van der Waals surface area contributed by atoms with Gasteiger partial charge in [-0.3, -0.25) is 0 Å². The molecule has 1 aliphatic rings. The minimum Gasteiger partial charge on any atom is -0.478 e. The molecular weight excluding hydrogens is 204 g/mol. The largest absolute Gasteiger partial charge is 0.478 e. The van der Waals surface area contributed by atoms with Gasteiger partial charge in [-0.25, -0.2) is 4.79 Å². The standard InChI is InChI=1S/C10H9ClO3/c11-10(5-6-10)14-8-4-2-1-3-7(8)9(12)13/h1-4H,5-6H2,(H,12,13). The average Bonchev–Trinajstić information content (AvgIpc) is 2.84. The molecule has 1 fully saturated rings. The SMILES string of the molecule is O=C(O)c1ccccc1OC1(Cl)CC1. The number of hydrogen-bond acceptors (Lipinski definition) is 2. The zero-order valence-corrected chi connectivity index (χ0v) is 8.12. The average molecular weight is 213 g/mol. The number of carbonyl (C=O) groups is 1. The van der Waals surface area contributed by atoms with Crippen LogP contribution in [0.5, 0.6) is 5.75 Å². The minimum absolute atomic E-state index is 0.152. The van der Waals surface area contributed by atoms with Crippen LogP contribution in [0.4, 0.5) is 0 Å². The van der Waals surface area contributed by atoms with Crippen molar-refractivity contribution in [3.8, 4) is 5.75 Å². The Morgan fingerprint density at radius 2 is 2.07 bits per heavy atom. The number of carboxylic acids is 1. The number of alkyl halides is 1. The van der Waals surface area contributed by atoms with E-state index in [-0.39, 0.29) is 5.56 Å². The van der Waals surface area contributed by atoms with Gasteiger partial charge in [-0.2, -0.15) is 0 Å². The summed E-state index contributed by atoms with van der Waals surface area (Å²) in [5, 5.41) is 8.20. The maximum absolute atomic E-state index is 10.8. The highest BCUT2D eigenvalue weighted by atomic mass is 35.5. The summed E-state index contributed by atoms with van der Waals surface area (Å²) in [5.74, 6) is -0.658. The van der Waals surface area contributed by atoms with Gasteiger partial charge in [0.1, 0.15) is 11.3 Å². The molecule has 14 heavy (non-hydrogen) atoms. The highest BCUT2D eigenvalue weighted by molar-refractivity contribution is 6.24. The molecule has 1 aromatic rings. The summed E-state index contributed by atoms with van der Waals surface area (Å²) in [6.07, 6.45) is 1.53. The third-order valence-electron chi connectivity index (χ3n) is 2.05. The van der Waals surface area contributed by atoms with Crippen molar-refractivity contribution in [1.29, 1.82) is 0 Å². The molecule has 1 saturated carbocycles.